The van der Waals surface area contributed by atoms with Gasteiger partial charge in [0.05, 0.1) is 4.92 Å². The molecule has 0 heterocycles. The van der Waals surface area contributed by atoms with E-state index in [-0.39, 0.29) is 11.4 Å². The van der Waals surface area contributed by atoms with Crippen LogP contribution in [0.3, 0.4) is 0 Å². The molecule has 0 aromatic heterocycles. The number of carbonyl (C=O) groups is 1. The SMILES string of the molecule is C[C@H](Oc1ccccc1[N+](=O)[O-])C(=O)Nc1ccc(Oc2ccccc2)cc1. The van der Waals surface area contributed by atoms with E-state index in [4.69, 9.17) is 9.47 Å². The Balaban J connectivity index is 1.60. The largest absolute Gasteiger partial charge is 0.474 e. The van der Waals surface area contributed by atoms with Gasteiger partial charge in [-0.25, -0.2) is 0 Å². The van der Waals surface area contributed by atoms with Crippen LogP contribution >= 0.6 is 0 Å². The van der Waals surface area contributed by atoms with Crippen molar-refractivity contribution in [1.82, 2.24) is 0 Å². The van der Waals surface area contributed by atoms with E-state index in [0.29, 0.717) is 17.2 Å². The predicted octanol–water partition coefficient (Wildman–Crippen LogP) is 4.79. The van der Waals surface area contributed by atoms with E-state index in [9.17, 15) is 14.9 Å². The minimum absolute atomic E-state index is 0.0433. The van der Waals surface area contributed by atoms with E-state index < -0.39 is 16.9 Å². The number of hydrogen-bond donors (Lipinski definition) is 1. The molecule has 3 aromatic carbocycles. The fourth-order valence-corrected chi connectivity index (χ4v) is 2.43. The number of benzene rings is 3. The molecule has 142 valence electrons. The maximum Gasteiger partial charge on any atom is 0.310 e. The van der Waals surface area contributed by atoms with Crippen molar-refractivity contribution in [2.45, 2.75) is 13.0 Å². The third-order valence-electron chi connectivity index (χ3n) is 3.84. The number of hydrogen-bond acceptors (Lipinski definition) is 5. The maximum absolute atomic E-state index is 12.3. The van der Waals surface area contributed by atoms with Gasteiger partial charge in [0.15, 0.2) is 11.9 Å². The summed E-state index contributed by atoms with van der Waals surface area (Å²) in [6.07, 6.45) is -0.915. The van der Waals surface area contributed by atoms with Crippen molar-refractivity contribution >= 4 is 17.3 Å². The lowest BCUT2D eigenvalue weighted by Gasteiger charge is -2.15. The molecule has 3 rings (SSSR count). The van der Waals surface area contributed by atoms with Crippen LogP contribution in [-0.4, -0.2) is 16.9 Å². The highest BCUT2D eigenvalue weighted by molar-refractivity contribution is 5.94. The third kappa shape index (κ3) is 4.85. The molecule has 3 aromatic rings. The molecule has 0 fully saturated rings. The van der Waals surface area contributed by atoms with Gasteiger partial charge in [0, 0.05) is 11.8 Å². The number of para-hydroxylation sites is 3. The molecule has 0 aliphatic carbocycles. The number of rotatable bonds is 7. The van der Waals surface area contributed by atoms with E-state index in [0.717, 1.165) is 0 Å². The Bertz CT molecular complexity index is 958. The van der Waals surface area contributed by atoms with E-state index in [1.165, 1.54) is 25.1 Å². The zero-order valence-electron chi connectivity index (χ0n) is 15.1. The van der Waals surface area contributed by atoms with Crippen molar-refractivity contribution in [2.75, 3.05) is 5.32 Å². The molecular weight excluding hydrogens is 360 g/mol. The summed E-state index contributed by atoms with van der Waals surface area (Å²) in [5.41, 5.74) is 0.369. The minimum Gasteiger partial charge on any atom is -0.474 e. The van der Waals surface area contributed by atoms with Crippen LogP contribution in [-0.2, 0) is 4.79 Å². The normalized spacial score (nSPS) is 11.3. The van der Waals surface area contributed by atoms with Crippen LogP contribution in [0.25, 0.3) is 0 Å². The number of nitrogens with one attached hydrogen (secondary N) is 1. The topological polar surface area (TPSA) is 90.7 Å². The number of carbonyl (C=O) groups excluding carboxylic acids is 1. The number of nitrogens with zero attached hydrogens (tertiary/aromatic N) is 1. The van der Waals surface area contributed by atoms with Crippen LogP contribution in [0.1, 0.15) is 6.92 Å². The zero-order chi connectivity index (χ0) is 19.9. The molecule has 0 saturated carbocycles. The van der Waals surface area contributed by atoms with Gasteiger partial charge in [-0.15, -0.1) is 0 Å². The first-order chi connectivity index (χ1) is 13.5. The monoisotopic (exact) mass is 378 g/mol. The summed E-state index contributed by atoms with van der Waals surface area (Å²) in [6.45, 7) is 1.53. The number of nitro groups is 1. The van der Waals surface area contributed by atoms with Gasteiger partial charge in [-0.1, -0.05) is 30.3 Å². The van der Waals surface area contributed by atoms with Crippen LogP contribution in [0.5, 0.6) is 17.2 Å². The first-order valence-electron chi connectivity index (χ1n) is 8.57. The summed E-state index contributed by atoms with van der Waals surface area (Å²) in [5.74, 6) is 0.968. The van der Waals surface area contributed by atoms with Crippen LogP contribution in [0.15, 0.2) is 78.9 Å². The number of nitro benzene ring substituents is 1. The zero-order valence-corrected chi connectivity index (χ0v) is 15.1. The second kappa shape index (κ2) is 8.68. The fourth-order valence-electron chi connectivity index (χ4n) is 2.43. The molecule has 0 saturated heterocycles. The van der Waals surface area contributed by atoms with Gasteiger partial charge in [-0.2, -0.15) is 0 Å². The van der Waals surface area contributed by atoms with Crippen LogP contribution in [0.2, 0.25) is 0 Å². The molecule has 0 bridgehead atoms. The number of amides is 1. The lowest BCUT2D eigenvalue weighted by molar-refractivity contribution is -0.386. The molecule has 7 nitrogen and oxygen atoms in total. The Morgan fingerprint density at radius 2 is 1.54 bits per heavy atom. The van der Waals surface area contributed by atoms with E-state index in [1.54, 1.807) is 30.3 Å². The molecule has 0 aliphatic rings. The van der Waals surface area contributed by atoms with E-state index >= 15 is 0 Å². The number of anilines is 1. The van der Waals surface area contributed by atoms with Crippen molar-refractivity contribution in [3.63, 3.8) is 0 Å². The van der Waals surface area contributed by atoms with Gasteiger partial charge in [0.2, 0.25) is 0 Å². The van der Waals surface area contributed by atoms with Crippen molar-refractivity contribution in [3.8, 4) is 17.2 Å². The molecule has 0 unspecified atom stereocenters. The standard InChI is InChI=1S/C21H18N2O5/c1-15(27-20-10-6-5-9-19(20)23(25)26)21(24)22-16-11-13-18(14-12-16)28-17-7-3-2-4-8-17/h2-15H,1H3,(H,22,24)/t15-/m0/s1. The third-order valence-corrected chi connectivity index (χ3v) is 3.84. The van der Waals surface area contributed by atoms with Crippen molar-refractivity contribution in [1.29, 1.82) is 0 Å². The second-order valence-corrected chi connectivity index (χ2v) is 5.91. The Hall–Kier alpha value is -3.87. The van der Waals surface area contributed by atoms with Crippen molar-refractivity contribution in [2.24, 2.45) is 0 Å². The molecule has 7 heteroatoms. The molecular formula is C21H18N2O5. The molecule has 0 aliphatic heterocycles. The highest BCUT2D eigenvalue weighted by Crippen LogP contribution is 2.27. The number of ether oxygens (including phenoxy) is 2. The van der Waals surface area contributed by atoms with Gasteiger partial charge in [0.1, 0.15) is 11.5 Å². The van der Waals surface area contributed by atoms with Crippen molar-refractivity contribution in [3.05, 3.63) is 89.0 Å². The summed E-state index contributed by atoms with van der Waals surface area (Å²) >= 11 is 0. The smallest absolute Gasteiger partial charge is 0.310 e. The lowest BCUT2D eigenvalue weighted by atomic mass is 10.2. The van der Waals surface area contributed by atoms with Crippen LogP contribution in [0.4, 0.5) is 11.4 Å². The molecule has 1 atom stereocenters. The van der Waals surface area contributed by atoms with Gasteiger partial charge >= 0.3 is 5.69 Å². The van der Waals surface area contributed by atoms with Gasteiger partial charge in [-0.05, 0) is 49.4 Å². The minimum atomic E-state index is -0.915. The summed E-state index contributed by atoms with van der Waals surface area (Å²) in [4.78, 5) is 22.8. The molecule has 1 amide bonds. The van der Waals surface area contributed by atoms with Crippen LogP contribution < -0.4 is 14.8 Å². The Morgan fingerprint density at radius 3 is 2.21 bits per heavy atom. The van der Waals surface area contributed by atoms with Gasteiger partial charge in [0.25, 0.3) is 5.91 Å². The predicted molar refractivity (Wildman–Crippen MR) is 105 cm³/mol. The Morgan fingerprint density at radius 1 is 0.929 bits per heavy atom. The Kier molecular flexibility index (Phi) is 5.86. The Labute approximate surface area is 161 Å². The maximum atomic E-state index is 12.3. The van der Waals surface area contributed by atoms with Gasteiger partial charge in [-0.3, -0.25) is 14.9 Å². The van der Waals surface area contributed by atoms with E-state index in [1.807, 2.05) is 30.3 Å². The lowest BCUT2D eigenvalue weighted by Crippen LogP contribution is -2.30. The molecule has 1 N–H and O–H groups in total. The summed E-state index contributed by atoms with van der Waals surface area (Å²) in [7, 11) is 0. The molecule has 0 radical (unpaired) electrons. The summed E-state index contributed by atoms with van der Waals surface area (Å²) in [6, 6.07) is 22.1. The average molecular weight is 378 g/mol. The van der Waals surface area contributed by atoms with Crippen LogP contribution in [0, 0.1) is 10.1 Å². The average Bonchev–Trinajstić information content (AvgIpc) is 2.70. The van der Waals surface area contributed by atoms with E-state index in [2.05, 4.69) is 5.32 Å². The fraction of sp³-hybridized carbons (Fsp3) is 0.0952. The molecule has 28 heavy (non-hydrogen) atoms. The highest BCUT2D eigenvalue weighted by Gasteiger charge is 2.20. The first-order valence-corrected chi connectivity index (χ1v) is 8.57. The quantitative estimate of drug-likeness (QED) is 0.471. The first kappa shape index (κ1) is 18.9. The molecule has 0 spiro atoms. The summed E-state index contributed by atoms with van der Waals surface area (Å²) < 4.78 is 11.2. The summed E-state index contributed by atoms with van der Waals surface area (Å²) in [5, 5.41) is 13.8. The van der Waals surface area contributed by atoms with Gasteiger partial charge < -0.3 is 14.8 Å². The van der Waals surface area contributed by atoms with Crippen molar-refractivity contribution < 1.29 is 19.2 Å². The second-order valence-electron chi connectivity index (χ2n) is 5.91. The highest BCUT2D eigenvalue weighted by atomic mass is 16.6.